The highest BCUT2D eigenvalue weighted by Gasteiger charge is 2.00. The van der Waals surface area contributed by atoms with E-state index in [4.69, 9.17) is 4.74 Å². The third-order valence-corrected chi connectivity index (χ3v) is 2.49. The van der Waals surface area contributed by atoms with Gasteiger partial charge in [0.1, 0.15) is 5.75 Å². The van der Waals surface area contributed by atoms with Crippen LogP contribution in [-0.2, 0) is 6.42 Å². The zero-order chi connectivity index (χ0) is 12.1. The van der Waals surface area contributed by atoms with Gasteiger partial charge in [0, 0.05) is 18.0 Å². The Balaban J connectivity index is 2.21. The van der Waals surface area contributed by atoms with Crippen LogP contribution in [-0.4, -0.2) is 18.4 Å². The fourth-order valence-electron chi connectivity index (χ4n) is 1.69. The molecule has 0 saturated carbocycles. The predicted octanol–water partition coefficient (Wildman–Crippen LogP) is 2.49. The number of aromatic nitrogens is 1. The number of nitrogens with zero attached hydrogens (tertiary/aromatic N) is 1. The highest BCUT2D eigenvalue weighted by molar-refractivity contribution is 5.74. The second-order valence-corrected chi connectivity index (χ2v) is 3.77. The maximum absolute atomic E-state index is 10.7. The molecule has 0 saturated heterocycles. The molecular weight excluding hydrogens is 214 g/mol. The van der Waals surface area contributed by atoms with Crippen LogP contribution in [0.15, 0.2) is 42.7 Å². The standard InChI is InChI=1S/C14H13NO2/c1-17-14-4-2-3-11(7-14)5-12-6-13(10-16)9-15-8-12/h2-4,6-10H,5H2,1H3. The van der Waals surface area contributed by atoms with Crippen molar-refractivity contribution in [3.8, 4) is 5.75 Å². The Bertz CT molecular complexity index is 523. The molecule has 0 N–H and O–H groups in total. The number of aldehydes is 1. The first kappa shape index (κ1) is 11.3. The summed E-state index contributed by atoms with van der Waals surface area (Å²) in [5.41, 5.74) is 2.75. The van der Waals surface area contributed by atoms with Gasteiger partial charge in [-0.25, -0.2) is 0 Å². The zero-order valence-corrected chi connectivity index (χ0v) is 9.59. The minimum Gasteiger partial charge on any atom is -0.497 e. The number of carbonyl (C=O) groups excluding carboxylic acids is 1. The normalized spacial score (nSPS) is 9.94. The number of pyridine rings is 1. The predicted molar refractivity (Wildman–Crippen MR) is 65.4 cm³/mol. The molecule has 0 aliphatic carbocycles. The molecule has 0 radical (unpaired) electrons. The number of hydrogen-bond donors (Lipinski definition) is 0. The van der Waals surface area contributed by atoms with E-state index < -0.39 is 0 Å². The number of ether oxygens (including phenoxy) is 1. The molecule has 0 atom stereocenters. The molecule has 1 aromatic heterocycles. The summed E-state index contributed by atoms with van der Waals surface area (Å²) in [6.45, 7) is 0. The summed E-state index contributed by atoms with van der Waals surface area (Å²) in [5, 5.41) is 0. The summed E-state index contributed by atoms with van der Waals surface area (Å²) >= 11 is 0. The van der Waals surface area contributed by atoms with E-state index in [1.165, 1.54) is 0 Å². The molecule has 1 heterocycles. The molecule has 3 nitrogen and oxygen atoms in total. The van der Waals surface area contributed by atoms with E-state index in [1.54, 1.807) is 19.5 Å². The first-order valence-corrected chi connectivity index (χ1v) is 5.34. The Hall–Kier alpha value is -2.16. The summed E-state index contributed by atoms with van der Waals surface area (Å²) in [4.78, 5) is 14.7. The lowest BCUT2D eigenvalue weighted by atomic mass is 10.1. The molecule has 0 aliphatic heterocycles. The van der Waals surface area contributed by atoms with Crippen molar-refractivity contribution in [3.05, 3.63) is 59.4 Å². The molecule has 0 aliphatic rings. The van der Waals surface area contributed by atoms with Crippen LogP contribution in [0.2, 0.25) is 0 Å². The molecule has 0 spiro atoms. The van der Waals surface area contributed by atoms with E-state index >= 15 is 0 Å². The highest BCUT2D eigenvalue weighted by atomic mass is 16.5. The molecule has 86 valence electrons. The number of hydrogen-bond acceptors (Lipinski definition) is 3. The lowest BCUT2D eigenvalue weighted by Crippen LogP contribution is -1.92. The van der Waals surface area contributed by atoms with Crippen molar-refractivity contribution in [3.63, 3.8) is 0 Å². The van der Waals surface area contributed by atoms with Crippen LogP contribution in [0.4, 0.5) is 0 Å². The van der Waals surface area contributed by atoms with Gasteiger partial charge < -0.3 is 4.74 Å². The van der Waals surface area contributed by atoms with Crippen molar-refractivity contribution in [2.24, 2.45) is 0 Å². The molecule has 3 heteroatoms. The largest absolute Gasteiger partial charge is 0.497 e. The van der Waals surface area contributed by atoms with Crippen LogP contribution in [0.25, 0.3) is 0 Å². The van der Waals surface area contributed by atoms with Crippen molar-refractivity contribution in [2.45, 2.75) is 6.42 Å². The van der Waals surface area contributed by atoms with Crippen molar-refractivity contribution in [1.82, 2.24) is 4.98 Å². The van der Waals surface area contributed by atoms with Crippen LogP contribution >= 0.6 is 0 Å². The van der Waals surface area contributed by atoms with Crippen LogP contribution in [0.5, 0.6) is 5.75 Å². The smallest absolute Gasteiger partial charge is 0.151 e. The molecule has 2 rings (SSSR count). The average molecular weight is 227 g/mol. The first-order chi connectivity index (χ1) is 8.31. The Kier molecular flexibility index (Phi) is 3.50. The van der Waals surface area contributed by atoms with Gasteiger partial charge in [-0.15, -0.1) is 0 Å². The van der Waals surface area contributed by atoms with Gasteiger partial charge in [0.2, 0.25) is 0 Å². The summed E-state index contributed by atoms with van der Waals surface area (Å²) in [5.74, 6) is 0.835. The summed E-state index contributed by atoms with van der Waals surface area (Å²) in [6, 6.07) is 9.71. The van der Waals surface area contributed by atoms with E-state index in [0.29, 0.717) is 5.56 Å². The van der Waals surface area contributed by atoms with Gasteiger partial charge >= 0.3 is 0 Å². The second-order valence-electron chi connectivity index (χ2n) is 3.77. The summed E-state index contributed by atoms with van der Waals surface area (Å²) in [6.07, 6.45) is 4.88. The topological polar surface area (TPSA) is 39.2 Å². The molecule has 0 amide bonds. The Morgan fingerprint density at radius 1 is 1.24 bits per heavy atom. The van der Waals surface area contributed by atoms with Crippen LogP contribution in [0.1, 0.15) is 21.5 Å². The lowest BCUT2D eigenvalue weighted by Gasteiger charge is -2.04. The molecular formula is C14H13NO2. The SMILES string of the molecule is COc1cccc(Cc2cncc(C=O)c2)c1. The van der Waals surface area contributed by atoms with E-state index in [-0.39, 0.29) is 0 Å². The highest BCUT2D eigenvalue weighted by Crippen LogP contribution is 2.16. The van der Waals surface area contributed by atoms with E-state index in [9.17, 15) is 4.79 Å². The third kappa shape index (κ3) is 2.91. The molecule has 2 aromatic rings. The molecule has 17 heavy (non-hydrogen) atoms. The maximum Gasteiger partial charge on any atom is 0.151 e. The molecule has 0 fully saturated rings. The minimum atomic E-state index is 0.602. The van der Waals surface area contributed by atoms with Crippen molar-refractivity contribution in [2.75, 3.05) is 7.11 Å². The third-order valence-electron chi connectivity index (χ3n) is 2.49. The Morgan fingerprint density at radius 3 is 2.88 bits per heavy atom. The number of benzene rings is 1. The Labute approximate surface area is 100 Å². The molecule has 0 bridgehead atoms. The van der Waals surface area contributed by atoms with Gasteiger partial charge in [0.25, 0.3) is 0 Å². The van der Waals surface area contributed by atoms with Crippen molar-refractivity contribution in [1.29, 1.82) is 0 Å². The van der Waals surface area contributed by atoms with E-state index in [2.05, 4.69) is 4.98 Å². The summed E-state index contributed by atoms with van der Waals surface area (Å²) in [7, 11) is 1.65. The van der Waals surface area contributed by atoms with Crippen LogP contribution in [0.3, 0.4) is 0 Å². The van der Waals surface area contributed by atoms with Gasteiger partial charge in [-0.3, -0.25) is 9.78 Å². The van der Waals surface area contributed by atoms with Gasteiger partial charge in [-0.05, 0) is 35.7 Å². The number of carbonyl (C=O) groups is 1. The fourth-order valence-corrected chi connectivity index (χ4v) is 1.69. The first-order valence-electron chi connectivity index (χ1n) is 5.34. The quantitative estimate of drug-likeness (QED) is 0.753. The van der Waals surface area contributed by atoms with E-state index in [1.807, 2.05) is 30.3 Å². The van der Waals surface area contributed by atoms with Crippen molar-refractivity contribution < 1.29 is 9.53 Å². The van der Waals surface area contributed by atoms with Gasteiger partial charge in [0.05, 0.1) is 7.11 Å². The summed E-state index contributed by atoms with van der Waals surface area (Å²) < 4.78 is 5.17. The van der Waals surface area contributed by atoms with Crippen LogP contribution in [0, 0.1) is 0 Å². The van der Waals surface area contributed by atoms with Gasteiger partial charge in [0.15, 0.2) is 6.29 Å². The van der Waals surface area contributed by atoms with E-state index in [0.717, 1.165) is 29.6 Å². The van der Waals surface area contributed by atoms with Crippen molar-refractivity contribution >= 4 is 6.29 Å². The number of rotatable bonds is 4. The Morgan fingerprint density at radius 2 is 2.12 bits per heavy atom. The zero-order valence-electron chi connectivity index (χ0n) is 9.59. The lowest BCUT2D eigenvalue weighted by molar-refractivity contribution is 0.112. The maximum atomic E-state index is 10.7. The molecule has 1 aromatic carbocycles. The minimum absolute atomic E-state index is 0.602. The monoisotopic (exact) mass is 227 g/mol. The fraction of sp³-hybridized carbons (Fsp3) is 0.143. The van der Waals surface area contributed by atoms with Gasteiger partial charge in [-0.2, -0.15) is 0 Å². The second kappa shape index (κ2) is 5.25. The average Bonchev–Trinajstić information content (AvgIpc) is 2.39. The number of methoxy groups -OCH3 is 1. The van der Waals surface area contributed by atoms with Crippen LogP contribution < -0.4 is 4.74 Å². The molecule has 0 unspecified atom stereocenters. The van der Waals surface area contributed by atoms with Gasteiger partial charge in [-0.1, -0.05) is 12.1 Å².